The number of ether oxygens (including phenoxy) is 1. The van der Waals surface area contributed by atoms with Crippen LogP contribution in [-0.2, 0) is 4.74 Å². The van der Waals surface area contributed by atoms with E-state index in [1.54, 1.807) is 7.11 Å². The lowest BCUT2D eigenvalue weighted by molar-refractivity contribution is 0.105. The Balaban J connectivity index is 1.83. The van der Waals surface area contributed by atoms with E-state index in [4.69, 9.17) is 4.74 Å². The van der Waals surface area contributed by atoms with Crippen LogP contribution in [0.4, 0.5) is 0 Å². The largest absolute Gasteiger partial charge is 0.393 e. The Bertz CT molecular complexity index is 182. The molecule has 0 amide bonds. The van der Waals surface area contributed by atoms with E-state index in [2.05, 4.69) is 4.90 Å². The lowest BCUT2D eigenvalue weighted by Gasteiger charge is -2.28. The summed E-state index contributed by atoms with van der Waals surface area (Å²) >= 11 is 0. The number of methoxy groups -OCH3 is 1. The van der Waals surface area contributed by atoms with Gasteiger partial charge in [0.2, 0.25) is 0 Å². The molecule has 2 unspecified atom stereocenters. The molecule has 82 valence electrons. The third-order valence-electron chi connectivity index (χ3n) is 3.42. The van der Waals surface area contributed by atoms with Crippen LogP contribution in [0.25, 0.3) is 0 Å². The van der Waals surface area contributed by atoms with E-state index in [1.807, 2.05) is 0 Å². The fourth-order valence-corrected chi connectivity index (χ4v) is 2.50. The van der Waals surface area contributed by atoms with Crippen LogP contribution in [0.5, 0.6) is 0 Å². The number of hydrogen-bond acceptors (Lipinski definition) is 3. The summed E-state index contributed by atoms with van der Waals surface area (Å²) in [4.78, 5) is 2.56. The number of aliphatic hydroxyl groups is 1. The van der Waals surface area contributed by atoms with Crippen molar-refractivity contribution in [1.82, 2.24) is 4.90 Å². The van der Waals surface area contributed by atoms with E-state index < -0.39 is 0 Å². The van der Waals surface area contributed by atoms with Gasteiger partial charge in [-0.1, -0.05) is 0 Å². The molecule has 2 rings (SSSR count). The van der Waals surface area contributed by atoms with Gasteiger partial charge in [0.1, 0.15) is 0 Å². The highest BCUT2D eigenvalue weighted by atomic mass is 16.5. The minimum Gasteiger partial charge on any atom is -0.393 e. The highest BCUT2D eigenvalue weighted by Crippen LogP contribution is 2.34. The van der Waals surface area contributed by atoms with Crippen molar-refractivity contribution in [3.63, 3.8) is 0 Å². The smallest absolute Gasteiger partial charge is 0.0589 e. The zero-order valence-corrected chi connectivity index (χ0v) is 8.98. The Morgan fingerprint density at radius 3 is 2.43 bits per heavy atom. The van der Waals surface area contributed by atoms with E-state index in [1.165, 1.54) is 19.3 Å². The van der Waals surface area contributed by atoms with Crippen LogP contribution in [0.15, 0.2) is 0 Å². The van der Waals surface area contributed by atoms with E-state index in [-0.39, 0.29) is 6.10 Å². The molecule has 0 heterocycles. The van der Waals surface area contributed by atoms with Crippen molar-refractivity contribution in [3.05, 3.63) is 0 Å². The zero-order valence-electron chi connectivity index (χ0n) is 8.98. The highest BCUT2D eigenvalue weighted by molar-refractivity contribution is 4.92. The summed E-state index contributed by atoms with van der Waals surface area (Å²) in [5, 5.41) is 9.52. The van der Waals surface area contributed by atoms with Crippen molar-refractivity contribution in [1.29, 1.82) is 0 Å². The number of hydrogen-bond donors (Lipinski definition) is 1. The predicted molar refractivity (Wildman–Crippen MR) is 55.2 cm³/mol. The summed E-state index contributed by atoms with van der Waals surface area (Å²) in [5.41, 5.74) is 0. The van der Waals surface area contributed by atoms with Crippen LogP contribution in [0.3, 0.4) is 0 Å². The average molecular weight is 199 g/mol. The summed E-state index contributed by atoms with van der Waals surface area (Å²) < 4.78 is 5.13. The topological polar surface area (TPSA) is 32.7 Å². The monoisotopic (exact) mass is 199 g/mol. The van der Waals surface area contributed by atoms with Gasteiger partial charge in [-0.3, -0.25) is 4.90 Å². The van der Waals surface area contributed by atoms with Crippen molar-refractivity contribution in [2.75, 3.05) is 20.3 Å². The summed E-state index contributed by atoms with van der Waals surface area (Å²) in [6, 6.07) is 1.41. The lowest BCUT2D eigenvalue weighted by Crippen LogP contribution is -2.38. The molecule has 14 heavy (non-hydrogen) atoms. The van der Waals surface area contributed by atoms with Gasteiger partial charge in [-0.2, -0.15) is 0 Å². The maximum Gasteiger partial charge on any atom is 0.0589 e. The lowest BCUT2D eigenvalue weighted by atomic mass is 10.2. The van der Waals surface area contributed by atoms with E-state index in [0.29, 0.717) is 6.04 Å². The maximum atomic E-state index is 9.52. The highest BCUT2D eigenvalue weighted by Gasteiger charge is 2.36. The summed E-state index contributed by atoms with van der Waals surface area (Å²) in [5.74, 6) is 0. The molecule has 0 aromatic rings. The Labute approximate surface area is 86.0 Å². The first-order valence-electron chi connectivity index (χ1n) is 5.74. The van der Waals surface area contributed by atoms with Gasteiger partial charge in [-0.15, -0.1) is 0 Å². The van der Waals surface area contributed by atoms with Crippen molar-refractivity contribution >= 4 is 0 Å². The fraction of sp³-hybridized carbons (Fsp3) is 1.00. The third-order valence-corrected chi connectivity index (χ3v) is 3.42. The van der Waals surface area contributed by atoms with Crippen LogP contribution in [0.1, 0.15) is 32.1 Å². The summed E-state index contributed by atoms with van der Waals surface area (Å²) in [6.07, 6.45) is 5.76. The molecular formula is C11H21NO2. The van der Waals surface area contributed by atoms with Crippen LogP contribution >= 0.6 is 0 Å². The quantitative estimate of drug-likeness (QED) is 0.717. The maximum absolute atomic E-state index is 9.52. The molecule has 2 fully saturated rings. The van der Waals surface area contributed by atoms with Gasteiger partial charge in [0, 0.05) is 25.7 Å². The first kappa shape index (κ1) is 10.4. The van der Waals surface area contributed by atoms with Gasteiger partial charge in [-0.25, -0.2) is 0 Å². The molecule has 2 aliphatic rings. The second kappa shape index (κ2) is 4.60. The molecule has 0 aromatic heterocycles. The van der Waals surface area contributed by atoms with Gasteiger partial charge in [-0.05, 0) is 32.1 Å². The van der Waals surface area contributed by atoms with Crippen LogP contribution in [0, 0.1) is 0 Å². The standard InChI is InChI=1S/C11H21NO2/c1-14-7-6-12(9-2-3-9)10-4-5-11(13)8-10/h9-11,13H,2-8H2,1H3. The van der Waals surface area contributed by atoms with Gasteiger partial charge in [0.25, 0.3) is 0 Å². The Morgan fingerprint density at radius 1 is 1.21 bits per heavy atom. The van der Waals surface area contributed by atoms with Gasteiger partial charge in [0.15, 0.2) is 0 Å². The minimum atomic E-state index is -0.0520. The van der Waals surface area contributed by atoms with E-state index >= 15 is 0 Å². The zero-order chi connectivity index (χ0) is 9.97. The molecule has 0 saturated heterocycles. The summed E-state index contributed by atoms with van der Waals surface area (Å²) in [7, 11) is 1.76. The molecule has 0 aliphatic heterocycles. The van der Waals surface area contributed by atoms with Gasteiger partial charge in [0.05, 0.1) is 12.7 Å². The normalized spacial score (nSPS) is 32.8. The van der Waals surface area contributed by atoms with E-state index in [9.17, 15) is 5.11 Å². The Hall–Kier alpha value is -0.120. The van der Waals surface area contributed by atoms with Crippen molar-refractivity contribution in [2.45, 2.75) is 50.3 Å². The molecule has 0 radical (unpaired) electrons. The SMILES string of the molecule is COCCN(C1CC1)C1CCC(O)C1. The number of nitrogens with zero attached hydrogens (tertiary/aromatic N) is 1. The number of aliphatic hydroxyl groups excluding tert-OH is 1. The van der Waals surface area contributed by atoms with Crippen LogP contribution in [0.2, 0.25) is 0 Å². The molecule has 1 N–H and O–H groups in total. The van der Waals surface area contributed by atoms with E-state index in [0.717, 1.165) is 32.0 Å². The van der Waals surface area contributed by atoms with Crippen LogP contribution in [-0.4, -0.2) is 48.5 Å². The van der Waals surface area contributed by atoms with Crippen LogP contribution < -0.4 is 0 Å². The third kappa shape index (κ3) is 2.47. The van der Waals surface area contributed by atoms with Gasteiger partial charge < -0.3 is 9.84 Å². The van der Waals surface area contributed by atoms with Crippen molar-refractivity contribution in [2.24, 2.45) is 0 Å². The first-order valence-corrected chi connectivity index (χ1v) is 5.74. The molecule has 2 atom stereocenters. The van der Waals surface area contributed by atoms with Crippen molar-refractivity contribution in [3.8, 4) is 0 Å². The van der Waals surface area contributed by atoms with Gasteiger partial charge >= 0.3 is 0 Å². The molecular weight excluding hydrogens is 178 g/mol. The minimum absolute atomic E-state index is 0.0520. The van der Waals surface area contributed by atoms with Crippen molar-refractivity contribution < 1.29 is 9.84 Å². The number of rotatable bonds is 5. The summed E-state index contributed by atoms with van der Waals surface area (Å²) in [6.45, 7) is 1.86. The first-order chi connectivity index (χ1) is 6.81. The molecule has 2 aliphatic carbocycles. The second-order valence-corrected chi connectivity index (χ2v) is 4.58. The Kier molecular flexibility index (Phi) is 3.42. The molecule has 0 aromatic carbocycles. The second-order valence-electron chi connectivity index (χ2n) is 4.58. The molecule has 3 nitrogen and oxygen atoms in total. The molecule has 3 heteroatoms. The molecule has 0 spiro atoms. The average Bonchev–Trinajstić information content (AvgIpc) is 2.91. The molecule has 0 bridgehead atoms. The predicted octanol–water partition coefficient (Wildman–Crippen LogP) is 1.01. The fourth-order valence-electron chi connectivity index (χ4n) is 2.50. The molecule has 2 saturated carbocycles. The Morgan fingerprint density at radius 2 is 1.93 bits per heavy atom.